The molecular weight excluding hydrogens is 226 g/mol. The van der Waals surface area contributed by atoms with E-state index in [4.69, 9.17) is 11.6 Å². The van der Waals surface area contributed by atoms with E-state index in [0.29, 0.717) is 5.02 Å². The van der Waals surface area contributed by atoms with Crippen LogP contribution in [0.15, 0.2) is 33.5 Å². The van der Waals surface area contributed by atoms with Crippen LogP contribution >= 0.6 is 34.7 Å². The molecule has 0 saturated carbocycles. The molecule has 0 atom stereocenters. The summed E-state index contributed by atoms with van der Waals surface area (Å²) in [5.74, 6) is 0. The Morgan fingerprint density at radius 3 is 3.00 bits per heavy atom. The monoisotopic (exact) mass is 229 g/mol. The Bertz CT molecular complexity index is 390. The maximum atomic E-state index is 5.87. The lowest BCUT2D eigenvalue weighted by Crippen LogP contribution is -1.82. The highest BCUT2D eigenvalue weighted by Crippen LogP contribution is 2.31. The summed E-state index contributed by atoms with van der Waals surface area (Å²) in [5.41, 5.74) is 0. The van der Waals surface area contributed by atoms with Gasteiger partial charge in [0.25, 0.3) is 0 Å². The fourth-order valence-corrected chi connectivity index (χ4v) is 2.43. The van der Waals surface area contributed by atoms with Crippen molar-refractivity contribution >= 4 is 34.7 Å². The molecule has 3 nitrogen and oxygen atoms in total. The summed E-state index contributed by atoms with van der Waals surface area (Å²) in [7, 11) is 0. The molecule has 13 heavy (non-hydrogen) atoms. The molecule has 2 rings (SSSR count). The third-order valence-electron chi connectivity index (χ3n) is 1.23. The summed E-state index contributed by atoms with van der Waals surface area (Å²) in [5, 5.41) is 3.21. The first-order valence-electron chi connectivity index (χ1n) is 3.39. The van der Waals surface area contributed by atoms with Gasteiger partial charge in [0.15, 0.2) is 4.34 Å². The minimum atomic E-state index is 0.558. The Balaban J connectivity index is 2.24. The molecule has 0 aromatic carbocycles. The van der Waals surface area contributed by atoms with Crippen LogP contribution in [0.4, 0.5) is 0 Å². The molecule has 2 aromatic heterocycles. The second kappa shape index (κ2) is 4.04. The van der Waals surface area contributed by atoms with E-state index in [1.165, 1.54) is 18.1 Å². The summed E-state index contributed by atoms with van der Waals surface area (Å²) >= 11 is 8.88. The number of aromatic nitrogens is 3. The van der Waals surface area contributed by atoms with Crippen molar-refractivity contribution in [2.75, 3.05) is 0 Å². The molecule has 66 valence electrons. The molecule has 0 spiro atoms. The minimum absolute atomic E-state index is 0.558. The van der Waals surface area contributed by atoms with Gasteiger partial charge in [0.05, 0.1) is 11.2 Å². The van der Waals surface area contributed by atoms with Crippen molar-refractivity contribution in [2.45, 2.75) is 9.37 Å². The van der Waals surface area contributed by atoms with Crippen LogP contribution in [0, 0.1) is 0 Å². The van der Waals surface area contributed by atoms with E-state index < -0.39 is 0 Å². The van der Waals surface area contributed by atoms with Crippen LogP contribution in [-0.4, -0.2) is 15.0 Å². The van der Waals surface area contributed by atoms with Crippen molar-refractivity contribution in [3.8, 4) is 0 Å². The second-order valence-electron chi connectivity index (χ2n) is 2.08. The first-order chi connectivity index (χ1) is 6.36. The molecule has 6 heteroatoms. The average Bonchev–Trinajstić information content (AvgIpc) is 2.61. The SMILES string of the molecule is Clc1cncnc1Sc1nccs1. The van der Waals surface area contributed by atoms with Crippen molar-refractivity contribution in [3.63, 3.8) is 0 Å². The third kappa shape index (κ3) is 2.18. The smallest absolute Gasteiger partial charge is 0.156 e. The number of rotatable bonds is 2. The molecule has 2 aromatic rings. The topological polar surface area (TPSA) is 38.7 Å². The van der Waals surface area contributed by atoms with Gasteiger partial charge in [-0.2, -0.15) is 0 Å². The van der Waals surface area contributed by atoms with Gasteiger partial charge in [0, 0.05) is 11.6 Å². The molecule has 0 aliphatic heterocycles. The number of thiazole rings is 1. The lowest BCUT2D eigenvalue weighted by Gasteiger charge is -1.97. The van der Waals surface area contributed by atoms with Gasteiger partial charge < -0.3 is 0 Å². The molecule has 0 fully saturated rings. The Hall–Kier alpha value is -0.650. The van der Waals surface area contributed by atoms with E-state index in [-0.39, 0.29) is 0 Å². The largest absolute Gasteiger partial charge is 0.243 e. The van der Waals surface area contributed by atoms with Crippen LogP contribution in [0.1, 0.15) is 0 Å². The van der Waals surface area contributed by atoms with Gasteiger partial charge in [0.2, 0.25) is 0 Å². The zero-order chi connectivity index (χ0) is 9.10. The normalized spacial score (nSPS) is 10.2. The lowest BCUT2D eigenvalue weighted by atomic mass is 10.7. The lowest BCUT2D eigenvalue weighted by molar-refractivity contribution is 1.04. The Morgan fingerprint density at radius 1 is 1.38 bits per heavy atom. The molecule has 0 aliphatic carbocycles. The van der Waals surface area contributed by atoms with Crippen LogP contribution in [0.2, 0.25) is 5.02 Å². The molecule has 0 bridgehead atoms. The number of nitrogens with zero attached hydrogens (tertiary/aromatic N) is 3. The molecule has 0 amide bonds. The third-order valence-corrected chi connectivity index (χ3v) is 3.52. The highest BCUT2D eigenvalue weighted by atomic mass is 35.5. The zero-order valence-corrected chi connectivity index (χ0v) is 8.73. The number of hydrogen-bond acceptors (Lipinski definition) is 5. The molecule has 0 aliphatic rings. The summed E-state index contributed by atoms with van der Waals surface area (Å²) in [6, 6.07) is 0. The van der Waals surface area contributed by atoms with Crippen LogP contribution in [0.5, 0.6) is 0 Å². The molecule has 2 heterocycles. The molecule has 0 radical (unpaired) electrons. The summed E-state index contributed by atoms with van der Waals surface area (Å²) in [6.45, 7) is 0. The predicted molar refractivity (Wildman–Crippen MR) is 53.3 cm³/mol. The summed E-state index contributed by atoms with van der Waals surface area (Å²) in [6.07, 6.45) is 4.80. The Labute approximate surface area is 88.2 Å². The Kier molecular flexibility index (Phi) is 2.77. The maximum Gasteiger partial charge on any atom is 0.156 e. The van der Waals surface area contributed by atoms with Gasteiger partial charge in [-0.1, -0.05) is 11.6 Å². The second-order valence-corrected chi connectivity index (χ2v) is 4.61. The van der Waals surface area contributed by atoms with Crippen LogP contribution in [-0.2, 0) is 0 Å². The van der Waals surface area contributed by atoms with Gasteiger partial charge in [0.1, 0.15) is 11.4 Å². The highest BCUT2D eigenvalue weighted by molar-refractivity contribution is 8.01. The number of halogens is 1. The minimum Gasteiger partial charge on any atom is -0.243 e. The number of hydrogen-bond donors (Lipinski definition) is 0. The first kappa shape index (κ1) is 8.93. The van der Waals surface area contributed by atoms with E-state index >= 15 is 0 Å². The Morgan fingerprint density at radius 2 is 2.31 bits per heavy atom. The van der Waals surface area contributed by atoms with Crippen molar-refractivity contribution in [1.82, 2.24) is 15.0 Å². The zero-order valence-electron chi connectivity index (χ0n) is 6.35. The van der Waals surface area contributed by atoms with Crippen molar-refractivity contribution < 1.29 is 0 Å². The maximum absolute atomic E-state index is 5.87. The van der Waals surface area contributed by atoms with Crippen molar-refractivity contribution in [3.05, 3.63) is 29.1 Å². The van der Waals surface area contributed by atoms with Crippen LogP contribution < -0.4 is 0 Å². The standard InChI is InChI=1S/C7H4ClN3S2/c8-5-3-9-4-11-6(5)13-7-10-1-2-12-7/h1-4H. The van der Waals surface area contributed by atoms with E-state index in [2.05, 4.69) is 15.0 Å². The highest BCUT2D eigenvalue weighted by Gasteiger charge is 2.04. The molecule has 0 saturated heterocycles. The predicted octanol–water partition coefficient (Wildman–Crippen LogP) is 2.74. The van der Waals surface area contributed by atoms with E-state index in [1.807, 2.05) is 5.38 Å². The van der Waals surface area contributed by atoms with E-state index in [9.17, 15) is 0 Å². The quantitative estimate of drug-likeness (QED) is 0.743. The summed E-state index contributed by atoms with van der Waals surface area (Å²) in [4.78, 5) is 12.0. The molecule has 0 N–H and O–H groups in total. The van der Waals surface area contributed by atoms with Gasteiger partial charge >= 0.3 is 0 Å². The van der Waals surface area contributed by atoms with Crippen LogP contribution in [0.25, 0.3) is 0 Å². The average molecular weight is 230 g/mol. The van der Waals surface area contributed by atoms with Gasteiger partial charge in [-0.15, -0.1) is 11.3 Å². The van der Waals surface area contributed by atoms with Gasteiger partial charge in [-0.05, 0) is 11.8 Å². The van der Waals surface area contributed by atoms with Gasteiger partial charge in [-0.3, -0.25) is 0 Å². The van der Waals surface area contributed by atoms with E-state index in [0.717, 1.165) is 9.37 Å². The van der Waals surface area contributed by atoms with Crippen LogP contribution in [0.3, 0.4) is 0 Å². The summed E-state index contributed by atoms with van der Waals surface area (Å²) < 4.78 is 0.931. The fraction of sp³-hybridized carbons (Fsp3) is 0. The van der Waals surface area contributed by atoms with Crippen molar-refractivity contribution in [1.29, 1.82) is 0 Å². The molecular formula is C7H4ClN3S2. The first-order valence-corrected chi connectivity index (χ1v) is 5.46. The van der Waals surface area contributed by atoms with Gasteiger partial charge in [-0.25, -0.2) is 15.0 Å². The van der Waals surface area contributed by atoms with E-state index in [1.54, 1.807) is 23.7 Å². The molecule has 0 unspecified atom stereocenters. The fourth-order valence-electron chi connectivity index (χ4n) is 0.720. The van der Waals surface area contributed by atoms with Crippen molar-refractivity contribution in [2.24, 2.45) is 0 Å².